The molecule has 142 valence electrons. The van der Waals surface area contributed by atoms with E-state index in [1.807, 2.05) is 24.3 Å². The van der Waals surface area contributed by atoms with E-state index in [1.165, 1.54) is 6.07 Å². The summed E-state index contributed by atoms with van der Waals surface area (Å²) in [5.74, 6) is -0.450. The van der Waals surface area contributed by atoms with Gasteiger partial charge in [0, 0.05) is 26.2 Å². The molecule has 3 amide bonds. The van der Waals surface area contributed by atoms with Gasteiger partial charge in [0.1, 0.15) is 5.75 Å². The second-order valence-electron chi connectivity index (χ2n) is 6.37. The molecule has 0 unspecified atom stereocenters. The van der Waals surface area contributed by atoms with Crippen molar-refractivity contribution in [1.29, 1.82) is 0 Å². The first-order valence-electron chi connectivity index (χ1n) is 9.10. The second-order valence-corrected chi connectivity index (χ2v) is 6.37. The van der Waals surface area contributed by atoms with Gasteiger partial charge in [-0.1, -0.05) is 24.3 Å². The number of phenolic OH excluding ortho intramolecular Hbond substituents is 1. The summed E-state index contributed by atoms with van der Waals surface area (Å²) in [7, 11) is 0. The standard InChI is InChI=1S/C20H24N4O3/c25-18-10-4-1-7-15(18)19(26)21-11-12-22-20(27)23-16-8-2-3-9-17(16)24-13-5-6-14-24/h1-4,7-10,25H,5-6,11-14H2,(H,21,26)(H2,22,23,27). The molecule has 7 heteroatoms. The summed E-state index contributed by atoms with van der Waals surface area (Å²) in [6.45, 7) is 2.53. The van der Waals surface area contributed by atoms with Crippen LogP contribution < -0.4 is 20.9 Å². The van der Waals surface area contributed by atoms with Crippen molar-refractivity contribution in [1.82, 2.24) is 10.6 Å². The topological polar surface area (TPSA) is 93.7 Å². The number of phenols is 1. The van der Waals surface area contributed by atoms with Crippen molar-refractivity contribution in [3.05, 3.63) is 54.1 Å². The fraction of sp³-hybridized carbons (Fsp3) is 0.300. The number of urea groups is 1. The molecule has 7 nitrogen and oxygen atoms in total. The van der Waals surface area contributed by atoms with Crippen molar-refractivity contribution in [3.63, 3.8) is 0 Å². The maximum atomic E-state index is 12.2. The lowest BCUT2D eigenvalue weighted by atomic mass is 10.2. The van der Waals surface area contributed by atoms with Gasteiger partial charge in [0.25, 0.3) is 5.91 Å². The number of aromatic hydroxyl groups is 1. The number of carbonyl (C=O) groups is 2. The maximum absolute atomic E-state index is 12.2. The molecular weight excluding hydrogens is 344 g/mol. The molecular formula is C20H24N4O3. The van der Waals surface area contributed by atoms with Crippen LogP contribution in [0.1, 0.15) is 23.2 Å². The van der Waals surface area contributed by atoms with Gasteiger partial charge in [0.15, 0.2) is 0 Å². The molecule has 2 aromatic carbocycles. The molecule has 3 rings (SSSR count). The summed E-state index contributed by atoms with van der Waals surface area (Å²) in [6, 6.07) is 13.8. The number of hydrogen-bond acceptors (Lipinski definition) is 4. The van der Waals surface area contributed by atoms with Crippen molar-refractivity contribution in [2.24, 2.45) is 0 Å². The minimum absolute atomic E-state index is 0.0702. The third-order valence-corrected chi connectivity index (χ3v) is 4.44. The van der Waals surface area contributed by atoms with E-state index < -0.39 is 0 Å². The molecule has 0 aromatic heterocycles. The number of rotatable bonds is 6. The Balaban J connectivity index is 1.45. The van der Waals surface area contributed by atoms with Crippen molar-refractivity contribution in [2.75, 3.05) is 36.4 Å². The number of benzene rings is 2. The Bertz CT molecular complexity index is 803. The molecule has 1 aliphatic heterocycles. The van der Waals surface area contributed by atoms with Crippen LogP contribution in [0.15, 0.2) is 48.5 Å². The zero-order chi connectivity index (χ0) is 19.1. The molecule has 0 aliphatic carbocycles. The van der Waals surface area contributed by atoms with Crippen LogP contribution in [-0.2, 0) is 0 Å². The van der Waals surface area contributed by atoms with Crippen LogP contribution in [0.2, 0.25) is 0 Å². The first-order valence-corrected chi connectivity index (χ1v) is 9.10. The first kappa shape index (κ1) is 18.6. The number of nitrogens with zero attached hydrogens (tertiary/aromatic N) is 1. The van der Waals surface area contributed by atoms with E-state index in [0.29, 0.717) is 0 Å². The summed E-state index contributed by atoms with van der Waals surface area (Å²) < 4.78 is 0. The molecule has 1 saturated heterocycles. The van der Waals surface area contributed by atoms with Crippen LogP contribution in [0.25, 0.3) is 0 Å². The quantitative estimate of drug-likeness (QED) is 0.590. The van der Waals surface area contributed by atoms with E-state index in [2.05, 4.69) is 20.9 Å². The molecule has 2 aromatic rings. The van der Waals surface area contributed by atoms with Crippen molar-refractivity contribution < 1.29 is 14.7 Å². The van der Waals surface area contributed by atoms with Gasteiger partial charge in [-0.2, -0.15) is 0 Å². The van der Waals surface area contributed by atoms with Crippen LogP contribution >= 0.6 is 0 Å². The molecule has 0 bridgehead atoms. The Kier molecular flexibility index (Phi) is 6.14. The zero-order valence-corrected chi connectivity index (χ0v) is 15.1. The monoisotopic (exact) mass is 368 g/mol. The number of carbonyl (C=O) groups excluding carboxylic acids is 2. The van der Waals surface area contributed by atoms with E-state index in [1.54, 1.807) is 18.2 Å². The zero-order valence-electron chi connectivity index (χ0n) is 15.1. The van der Waals surface area contributed by atoms with Gasteiger partial charge >= 0.3 is 6.03 Å². The van der Waals surface area contributed by atoms with Gasteiger partial charge in [-0.25, -0.2) is 4.79 Å². The first-order chi connectivity index (χ1) is 13.1. The molecule has 0 spiro atoms. The average Bonchev–Trinajstić information content (AvgIpc) is 3.20. The van der Waals surface area contributed by atoms with Crippen LogP contribution in [0.5, 0.6) is 5.75 Å². The van der Waals surface area contributed by atoms with Crippen LogP contribution in [0.3, 0.4) is 0 Å². The van der Waals surface area contributed by atoms with Gasteiger partial charge in [-0.3, -0.25) is 4.79 Å². The minimum Gasteiger partial charge on any atom is -0.507 e. The Morgan fingerprint density at radius 3 is 2.37 bits per heavy atom. The maximum Gasteiger partial charge on any atom is 0.319 e. The molecule has 0 saturated carbocycles. The molecule has 27 heavy (non-hydrogen) atoms. The summed E-state index contributed by atoms with van der Waals surface area (Å²) in [6.07, 6.45) is 2.33. The highest BCUT2D eigenvalue weighted by Gasteiger charge is 2.16. The number of para-hydroxylation sites is 3. The van der Waals surface area contributed by atoms with Gasteiger partial charge in [-0.05, 0) is 37.1 Å². The van der Waals surface area contributed by atoms with E-state index >= 15 is 0 Å². The Morgan fingerprint density at radius 2 is 1.59 bits per heavy atom. The Labute approximate surface area is 158 Å². The summed E-state index contributed by atoms with van der Waals surface area (Å²) in [5.41, 5.74) is 2.01. The van der Waals surface area contributed by atoms with Crippen LogP contribution in [0.4, 0.5) is 16.2 Å². The van der Waals surface area contributed by atoms with Crippen LogP contribution in [0, 0.1) is 0 Å². The van der Waals surface area contributed by atoms with Crippen molar-refractivity contribution >= 4 is 23.3 Å². The Hall–Kier alpha value is -3.22. The lowest BCUT2D eigenvalue weighted by Gasteiger charge is -2.21. The van der Waals surface area contributed by atoms with E-state index in [0.717, 1.165) is 37.3 Å². The molecule has 0 radical (unpaired) electrons. The van der Waals surface area contributed by atoms with Gasteiger partial charge in [0.2, 0.25) is 0 Å². The number of hydrogen-bond donors (Lipinski definition) is 4. The van der Waals surface area contributed by atoms with Crippen molar-refractivity contribution in [3.8, 4) is 5.75 Å². The summed E-state index contributed by atoms with van der Waals surface area (Å²) in [4.78, 5) is 26.4. The highest BCUT2D eigenvalue weighted by Crippen LogP contribution is 2.28. The second kappa shape index (κ2) is 8.93. The fourth-order valence-corrected chi connectivity index (χ4v) is 3.09. The van der Waals surface area contributed by atoms with Gasteiger partial charge < -0.3 is 26.0 Å². The predicted octanol–water partition coefficient (Wildman–Crippen LogP) is 2.54. The third kappa shape index (κ3) is 4.91. The number of anilines is 2. The lowest BCUT2D eigenvalue weighted by Crippen LogP contribution is -2.37. The predicted molar refractivity (Wildman–Crippen MR) is 105 cm³/mol. The summed E-state index contributed by atoms with van der Waals surface area (Å²) >= 11 is 0. The van der Waals surface area contributed by atoms with Gasteiger partial charge in [0.05, 0.1) is 16.9 Å². The van der Waals surface area contributed by atoms with Crippen LogP contribution in [-0.4, -0.2) is 43.2 Å². The van der Waals surface area contributed by atoms with E-state index in [-0.39, 0.29) is 36.3 Å². The van der Waals surface area contributed by atoms with E-state index in [9.17, 15) is 14.7 Å². The third-order valence-electron chi connectivity index (χ3n) is 4.44. The Morgan fingerprint density at radius 1 is 0.926 bits per heavy atom. The largest absolute Gasteiger partial charge is 0.507 e. The fourth-order valence-electron chi connectivity index (χ4n) is 3.09. The molecule has 1 aliphatic rings. The normalized spacial score (nSPS) is 13.3. The molecule has 1 fully saturated rings. The molecule has 1 heterocycles. The molecule has 4 N–H and O–H groups in total. The van der Waals surface area contributed by atoms with E-state index in [4.69, 9.17) is 0 Å². The summed E-state index contributed by atoms with van der Waals surface area (Å²) in [5, 5.41) is 17.9. The number of amides is 3. The highest BCUT2D eigenvalue weighted by molar-refractivity contribution is 5.97. The lowest BCUT2D eigenvalue weighted by molar-refractivity contribution is 0.0951. The molecule has 0 atom stereocenters. The van der Waals surface area contributed by atoms with Crippen molar-refractivity contribution in [2.45, 2.75) is 12.8 Å². The van der Waals surface area contributed by atoms with Gasteiger partial charge in [-0.15, -0.1) is 0 Å². The highest BCUT2D eigenvalue weighted by atomic mass is 16.3. The smallest absolute Gasteiger partial charge is 0.319 e. The SMILES string of the molecule is O=C(NCCNC(=O)c1ccccc1O)Nc1ccccc1N1CCCC1. The minimum atomic E-state index is -0.380. The number of nitrogens with one attached hydrogen (secondary N) is 3. The average molecular weight is 368 g/mol.